The third-order valence-electron chi connectivity index (χ3n) is 1.32. The number of allylic oxidation sites excluding steroid dienone is 1. The van der Waals surface area contributed by atoms with E-state index in [2.05, 4.69) is 25.7 Å². The molecule has 0 amide bonds. The standard InChI is InChI=1S/C9H18N2S/c1-4-9(12-5-2)11-7-6-8(3)10/h6-7,9,11H,3-5,10H2,1-2H3/b7-6-. The zero-order valence-corrected chi connectivity index (χ0v) is 8.66. The molecule has 0 aliphatic rings. The Labute approximate surface area is 79.3 Å². The molecule has 0 aliphatic carbocycles. The highest BCUT2D eigenvalue weighted by Gasteiger charge is 1.99. The van der Waals surface area contributed by atoms with Crippen molar-refractivity contribution in [1.82, 2.24) is 5.32 Å². The predicted octanol–water partition coefficient (Wildman–Crippen LogP) is 2.05. The number of hydrogen-bond donors (Lipinski definition) is 2. The largest absolute Gasteiger partial charge is 0.399 e. The highest BCUT2D eigenvalue weighted by atomic mass is 32.2. The fourth-order valence-electron chi connectivity index (χ4n) is 0.747. The van der Waals surface area contributed by atoms with Crippen molar-refractivity contribution in [3.8, 4) is 0 Å². The fourth-order valence-corrected chi connectivity index (χ4v) is 1.56. The van der Waals surface area contributed by atoms with Crippen LogP contribution in [0.15, 0.2) is 24.6 Å². The summed E-state index contributed by atoms with van der Waals surface area (Å²) < 4.78 is 0. The van der Waals surface area contributed by atoms with E-state index < -0.39 is 0 Å². The molecule has 0 radical (unpaired) electrons. The van der Waals surface area contributed by atoms with Crippen LogP contribution < -0.4 is 11.1 Å². The average Bonchev–Trinajstić information content (AvgIpc) is 2.02. The molecular weight excluding hydrogens is 168 g/mol. The maximum Gasteiger partial charge on any atom is 0.0714 e. The summed E-state index contributed by atoms with van der Waals surface area (Å²) in [5.74, 6) is 1.13. The summed E-state index contributed by atoms with van der Waals surface area (Å²) in [5.41, 5.74) is 5.95. The monoisotopic (exact) mass is 186 g/mol. The van der Waals surface area contributed by atoms with Crippen molar-refractivity contribution >= 4 is 11.8 Å². The molecule has 3 N–H and O–H groups in total. The molecule has 0 spiro atoms. The Kier molecular flexibility index (Phi) is 6.76. The third-order valence-corrected chi connectivity index (χ3v) is 2.52. The molecule has 2 nitrogen and oxygen atoms in total. The highest BCUT2D eigenvalue weighted by molar-refractivity contribution is 7.99. The second-order valence-corrected chi connectivity index (χ2v) is 3.91. The molecule has 0 aromatic heterocycles. The van der Waals surface area contributed by atoms with Gasteiger partial charge < -0.3 is 11.1 Å². The lowest BCUT2D eigenvalue weighted by atomic mass is 10.4. The quantitative estimate of drug-likeness (QED) is 0.492. The van der Waals surface area contributed by atoms with Gasteiger partial charge in [-0.15, -0.1) is 11.8 Å². The van der Waals surface area contributed by atoms with Crippen LogP contribution in [0.2, 0.25) is 0 Å². The van der Waals surface area contributed by atoms with E-state index in [1.165, 1.54) is 0 Å². The molecule has 0 aromatic carbocycles. The average molecular weight is 186 g/mol. The van der Waals surface area contributed by atoms with E-state index in [0.29, 0.717) is 11.1 Å². The van der Waals surface area contributed by atoms with Gasteiger partial charge in [0.15, 0.2) is 0 Å². The molecule has 1 atom stereocenters. The Morgan fingerprint density at radius 1 is 1.67 bits per heavy atom. The topological polar surface area (TPSA) is 38.0 Å². The molecule has 1 unspecified atom stereocenters. The molecule has 3 heteroatoms. The van der Waals surface area contributed by atoms with Crippen LogP contribution in [0, 0.1) is 0 Å². The summed E-state index contributed by atoms with van der Waals surface area (Å²) >= 11 is 1.90. The molecule has 0 saturated heterocycles. The minimum absolute atomic E-state index is 0.491. The van der Waals surface area contributed by atoms with Gasteiger partial charge in [-0.2, -0.15) is 0 Å². The van der Waals surface area contributed by atoms with Crippen LogP contribution in [0.1, 0.15) is 20.3 Å². The van der Waals surface area contributed by atoms with E-state index in [9.17, 15) is 0 Å². The normalized spacial score (nSPS) is 13.2. The van der Waals surface area contributed by atoms with E-state index in [4.69, 9.17) is 5.73 Å². The zero-order chi connectivity index (χ0) is 9.40. The first-order valence-corrected chi connectivity index (χ1v) is 5.24. The number of thioether (sulfide) groups is 1. The van der Waals surface area contributed by atoms with Gasteiger partial charge in [-0.3, -0.25) is 0 Å². The van der Waals surface area contributed by atoms with E-state index in [-0.39, 0.29) is 0 Å². The lowest BCUT2D eigenvalue weighted by Crippen LogP contribution is -2.19. The van der Waals surface area contributed by atoms with Crippen molar-refractivity contribution in [2.45, 2.75) is 25.6 Å². The third kappa shape index (κ3) is 6.16. The molecule has 0 aliphatic heterocycles. The zero-order valence-electron chi connectivity index (χ0n) is 7.84. The van der Waals surface area contributed by atoms with Crippen LogP contribution >= 0.6 is 11.8 Å². The lowest BCUT2D eigenvalue weighted by Gasteiger charge is -2.12. The van der Waals surface area contributed by atoms with Gasteiger partial charge in [0.2, 0.25) is 0 Å². The van der Waals surface area contributed by atoms with Crippen LogP contribution in [-0.4, -0.2) is 11.1 Å². The first-order valence-electron chi connectivity index (χ1n) is 4.19. The maximum absolute atomic E-state index is 5.37. The smallest absolute Gasteiger partial charge is 0.0714 e. The number of nitrogens with one attached hydrogen (secondary N) is 1. The van der Waals surface area contributed by atoms with Gasteiger partial charge in [-0.1, -0.05) is 20.4 Å². The number of hydrogen-bond acceptors (Lipinski definition) is 3. The molecule has 0 saturated carbocycles. The first kappa shape index (κ1) is 11.4. The van der Waals surface area contributed by atoms with Crippen molar-refractivity contribution < 1.29 is 0 Å². The minimum atomic E-state index is 0.491. The highest BCUT2D eigenvalue weighted by Crippen LogP contribution is 2.10. The first-order chi connectivity index (χ1) is 5.70. The summed E-state index contributed by atoms with van der Waals surface area (Å²) in [5, 5.41) is 3.73. The maximum atomic E-state index is 5.37. The molecule has 0 bridgehead atoms. The SMILES string of the molecule is C=C(N)/C=C\NC(CC)SCC. The van der Waals surface area contributed by atoms with Crippen LogP contribution in [0.25, 0.3) is 0 Å². The Morgan fingerprint density at radius 3 is 2.75 bits per heavy atom. The van der Waals surface area contributed by atoms with Gasteiger partial charge in [-0.25, -0.2) is 0 Å². The van der Waals surface area contributed by atoms with Crippen LogP contribution in [0.3, 0.4) is 0 Å². The van der Waals surface area contributed by atoms with Gasteiger partial charge >= 0.3 is 0 Å². The Bertz CT molecular complexity index is 155. The van der Waals surface area contributed by atoms with Gasteiger partial charge in [0.25, 0.3) is 0 Å². The van der Waals surface area contributed by atoms with Crippen molar-refractivity contribution in [1.29, 1.82) is 0 Å². The second kappa shape index (κ2) is 7.10. The minimum Gasteiger partial charge on any atom is -0.399 e. The van der Waals surface area contributed by atoms with Crippen molar-refractivity contribution in [3.05, 3.63) is 24.6 Å². The van der Waals surface area contributed by atoms with Crippen molar-refractivity contribution in [2.24, 2.45) is 5.73 Å². The van der Waals surface area contributed by atoms with E-state index in [0.717, 1.165) is 12.2 Å². The number of rotatable bonds is 6. The summed E-state index contributed by atoms with van der Waals surface area (Å²) in [6.45, 7) is 7.88. The Balaban J connectivity index is 3.63. The van der Waals surface area contributed by atoms with Crippen LogP contribution in [-0.2, 0) is 0 Å². The van der Waals surface area contributed by atoms with Crippen molar-refractivity contribution in [3.63, 3.8) is 0 Å². The van der Waals surface area contributed by atoms with Gasteiger partial charge in [-0.05, 0) is 24.4 Å². The second-order valence-electron chi connectivity index (χ2n) is 2.43. The van der Waals surface area contributed by atoms with Crippen molar-refractivity contribution in [2.75, 3.05) is 5.75 Å². The van der Waals surface area contributed by atoms with E-state index in [1.54, 1.807) is 6.08 Å². The Hall–Kier alpha value is -0.570. The fraction of sp³-hybridized carbons (Fsp3) is 0.556. The van der Waals surface area contributed by atoms with E-state index >= 15 is 0 Å². The molecule has 0 heterocycles. The lowest BCUT2D eigenvalue weighted by molar-refractivity contribution is 0.751. The molecule has 0 aromatic rings. The molecule has 12 heavy (non-hydrogen) atoms. The molecule has 0 fully saturated rings. The van der Waals surface area contributed by atoms with Gasteiger partial charge in [0.1, 0.15) is 0 Å². The van der Waals surface area contributed by atoms with Crippen LogP contribution in [0.4, 0.5) is 0 Å². The van der Waals surface area contributed by atoms with E-state index in [1.807, 2.05) is 18.0 Å². The van der Waals surface area contributed by atoms with Crippen LogP contribution in [0.5, 0.6) is 0 Å². The molecular formula is C9H18N2S. The number of nitrogens with two attached hydrogens (primary N) is 1. The molecule has 70 valence electrons. The summed E-state index contributed by atoms with van der Waals surface area (Å²) in [6.07, 6.45) is 4.75. The summed E-state index contributed by atoms with van der Waals surface area (Å²) in [6, 6.07) is 0. The summed E-state index contributed by atoms with van der Waals surface area (Å²) in [4.78, 5) is 0. The molecule has 0 rings (SSSR count). The summed E-state index contributed by atoms with van der Waals surface area (Å²) in [7, 11) is 0. The predicted molar refractivity (Wildman–Crippen MR) is 57.8 cm³/mol. The van der Waals surface area contributed by atoms with Gasteiger partial charge in [0.05, 0.1) is 5.37 Å². The van der Waals surface area contributed by atoms with Gasteiger partial charge in [0, 0.05) is 5.70 Å². The Morgan fingerprint density at radius 2 is 2.33 bits per heavy atom.